The van der Waals surface area contributed by atoms with E-state index in [1.54, 1.807) is 13.8 Å². The largest absolute Gasteiger partial charge is 0.498 e. The standard InChI is InChI=1S/C14H20BClN2O4/c1-5-18-12(19)8-6-9(10(16)7-11(8)17)15-21-13(2,3)14(4,20)22-15/h6-7,20H,5,17H2,1-4H3,(H,18,19). The summed E-state index contributed by atoms with van der Waals surface area (Å²) in [5.74, 6) is -1.78. The number of hydrogen-bond donors (Lipinski definition) is 3. The second kappa shape index (κ2) is 5.74. The lowest BCUT2D eigenvalue weighted by molar-refractivity contribution is -0.176. The smallest absolute Gasteiger partial charge is 0.398 e. The number of aliphatic hydroxyl groups is 1. The predicted molar refractivity (Wildman–Crippen MR) is 86.1 cm³/mol. The molecule has 1 fully saturated rings. The molecule has 1 aromatic rings. The highest BCUT2D eigenvalue weighted by Gasteiger charge is 2.54. The van der Waals surface area contributed by atoms with Crippen molar-refractivity contribution in [3.63, 3.8) is 0 Å². The van der Waals surface area contributed by atoms with Gasteiger partial charge in [-0.25, -0.2) is 0 Å². The highest BCUT2D eigenvalue weighted by molar-refractivity contribution is 6.65. The van der Waals surface area contributed by atoms with E-state index in [1.807, 2.05) is 6.92 Å². The van der Waals surface area contributed by atoms with E-state index in [4.69, 9.17) is 26.6 Å². The Labute approximate surface area is 135 Å². The molecule has 1 atom stereocenters. The summed E-state index contributed by atoms with van der Waals surface area (Å²) in [6.07, 6.45) is 0. The van der Waals surface area contributed by atoms with Crippen LogP contribution in [0.1, 0.15) is 38.1 Å². The lowest BCUT2D eigenvalue weighted by Crippen LogP contribution is -2.44. The van der Waals surface area contributed by atoms with Crippen LogP contribution in [0.15, 0.2) is 12.1 Å². The first kappa shape index (κ1) is 17.1. The molecule has 0 saturated carbocycles. The Hall–Kier alpha value is -1.28. The molecule has 2 rings (SSSR count). The minimum Gasteiger partial charge on any atom is -0.398 e. The molecule has 4 N–H and O–H groups in total. The predicted octanol–water partition coefficient (Wildman–Crippen LogP) is 0.901. The van der Waals surface area contributed by atoms with Crippen molar-refractivity contribution in [1.82, 2.24) is 5.32 Å². The van der Waals surface area contributed by atoms with Gasteiger partial charge >= 0.3 is 7.12 Å². The van der Waals surface area contributed by atoms with Gasteiger partial charge in [-0.3, -0.25) is 4.79 Å². The van der Waals surface area contributed by atoms with Crippen molar-refractivity contribution in [3.8, 4) is 0 Å². The van der Waals surface area contributed by atoms with Crippen molar-refractivity contribution in [2.24, 2.45) is 0 Å². The highest BCUT2D eigenvalue weighted by atomic mass is 35.5. The van der Waals surface area contributed by atoms with E-state index < -0.39 is 18.5 Å². The fourth-order valence-corrected chi connectivity index (χ4v) is 2.38. The van der Waals surface area contributed by atoms with Crippen molar-refractivity contribution in [2.75, 3.05) is 12.3 Å². The monoisotopic (exact) mass is 326 g/mol. The van der Waals surface area contributed by atoms with Gasteiger partial charge in [-0.1, -0.05) is 11.6 Å². The normalized spacial score (nSPS) is 23.6. The molecule has 0 spiro atoms. The minimum absolute atomic E-state index is 0.267. The SMILES string of the molecule is CCNC(=O)c1cc(B2OC(C)(C)C(C)(O)O2)c(Cl)cc1N. The molecule has 0 aliphatic carbocycles. The van der Waals surface area contributed by atoms with Crippen molar-refractivity contribution in [2.45, 2.75) is 39.1 Å². The third-order valence-corrected chi connectivity index (χ3v) is 4.19. The first-order valence-electron chi connectivity index (χ1n) is 7.04. The number of carbonyl (C=O) groups excluding carboxylic acids is 1. The van der Waals surface area contributed by atoms with E-state index >= 15 is 0 Å². The Kier molecular flexibility index (Phi) is 4.45. The Bertz CT molecular complexity index is 591. The van der Waals surface area contributed by atoms with Gasteiger partial charge in [0.1, 0.15) is 5.60 Å². The van der Waals surface area contributed by atoms with E-state index in [0.29, 0.717) is 17.0 Å². The highest BCUT2D eigenvalue weighted by Crippen LogP contribution is 2.35. The number of carbonyl (C=O) groups is 1. The van der Waals surface area contributed by atoms with Crippen LogP contribution in [0.5, 0.6) is 0 Å². The van der Waals surface area contributed by atoms with Gasteiger partial charge in [0.05, 0.1) is 5.56 Å². The second-order valence-corrected chi connectivity index (χ2v) is 6.29. The molecular weight excluding hydrogens is 306 g/mol. The molecule has 1 saturated heterocycles. The van der Waals surface area contributed by atoms with Crippen LogP contribution in [0.3, 0.4) is 0 Å². The summed E-state index contributed by atoms with van der Waals surface area (Å²) in [7, 11) is -0.883. The maximum absolute atomic E-state index is 12.0. The van der Waals surface area contributed by atoms with Crippen molar-refractivity contribution in [1.29, 1.82) is 0 Å². The zero-order chi connectivity index (χ0) is 16.7. The zero-order valence-electron chi connectivity index (χ0n) is 13.1. The maximum Gasteiger partial charge on any atom is 0.498 e. The first-order valence-corrected chi connectivity index (χ1v) is 7.42. The van der Waals surface area contributed by atoms with Crippen molar-refractivity contribution in [3.05, 3.63) is 22.7 Å². The van der Waals surface area contributed by atoms with Crippen LogP contribution in [0.4, 0.5) is 5.69 Å². The van der Waals surface area contributed by atoms with Crippen LogP contribution in [-0.2, 0) is 9.31 Å². The average Bonchev–Trinajstić information content (AvgIpc) is 2.58. The van der Waals surface area contributed by atoms with Gasteiger partial charge in [-0.05, 0) is 39.8 Å². The Balaban J connectivity index is 2.41. The van der Waals surface area contributed by atoms with Gasteiger partial charge in [0.25, 0.3) is 5.91 Å². The molecule has 1 amide bonds. The number of anilines is 1. The van der Waals surface area contributed by atoms with E-state index in [9.17, 15) is 9.90 Å². The van der Waals surface area contributed by atoms with Gasteiger partial charge < -0.3 is 25.5 Å². The van der Waals surface area contributed by atoms with E-state index in [2.05, 4.69) is 5.32 Å². The quantitative estimate of drug-likeness (QED) is 0.567. The third kappa shape index (κ3) is 2.94. The summed E-state index contributed by atoms with van der Waals surface area (Å²) in [6, 6.07) is 3.01. The van der Waals surface area contributed by atoms with Gasteiger partial charge in [0.15, 0.2) is 5.79 Å². The number of amides is 1. The van der Waals surface area contributed by atoms with E-state index in [-0.39, 0.29) is 17.2 Å². The number of nitrogens with two attached hydrogens (primary N) is 1. The molecule has 0 aromatic heterocycles. The topological polar surface area (TPSA) is 93.8 Å². The molecule has 0 bridgehead atoms. The summed E-state index contributed by atoms with van der Waals surface area (Å²) in [6.45, 7) is 7.23. The molecule has 6 nitrogen and oxygen atoms in total. The summed E-state index contributed by atoms with van der Waals surface area (Å²) >= 11 is 6.20. The van der Waals surface area contributed by atoms with E-state index in [0.717, 1.165) is 0 Å². The Morgan fingerprint density at radius 2 is 2.05 bits per heavy atom. The lowest BCUT2D eigenvalue weighted by Gasteiger charge is -2.30. The van der Waals surface area contributed by atoms with Crippen LogP contribution in [-0.4, -0.2) is 36.1 Å². The maximum atomic E-state index is 12.0. The van der Waals surface area contributed by atoms with Crippen LogP contribution < -0.4 is 16.5 Å². The van der Waals surface area contributed by atoms with Gasteiger partial charge in [-0.2, -0.15) is 0 Å². The fourth-order valence-electron chi connectivity index (χ4n) is 2.12. The number of benzene rings is 1. The molecule has 22 heavy (non-hydrogen) atoms. The molecule has 1 heterocycles. The number of rotatable bonds is 3. The van der Waals surface area contributed by atoms with E-state index in [1.165, 1.54) is 19.1 Å². The van der Waals surface area contributed by atoms with Gasteiger partial charge in [0.2, 0.25) is 0 Å². The number of nitrogens with one attached hydrogen (secondary N) is 1. The van der Waals surface area contributed by atoms with Crippen molar-refractivity contribution >= 4 is 35.8 Å². The molecular formula is C14H20BClN2O4. The number of nitrogen functional groups attached to an aromatic ring is 1. The van der Waals surface area contributed by atoms with Crippen molar-refractivity contribution < 1.29 is 19.2 Å². The van der Waals surface area contributed by atoms with Gasteiger partial charge in [-0.15, -0.1) is 0 Å². The van der Waals surface area contributed by atoms with Crippen LogP contribution in [0.25, 0.3) is 0 Å². The molecule has 8 heteroatoms. The number of hydrogen-bond acceptors (Lipinski definition) is 5. The second-order valence-electron chi connectivity index (χ2n) is 5.88. The lowest BCUT2D eigenvalue weighted by atomic mass is 9.78. The zero-order valence-corrected chi connectivity index (χ0v) is 13.8. The van der Waals surface area contributed by atoms with Crippen LogP contribution in [0, 0.1) is 0 Å². The molecule has 120 valence electrons. The molecule has 1 aliphatic heterocycles. The summed E-state index contributed by atoms with van der Waals surface area (Å²) in [5, 5.41) is 13.3. The van der Waals surface area contributed by atoms with Crippen LogP contribution in [0.2, 0.25) is 5.02 Å². The molecule has 1 aromatic carbocycles. The number of halogens is 1. The average molecular weight is 327 g/mol. The fraction of sp³-hybridized carbons (Fsp3) is 0.500. The summed E-state index contributed by atoms with van der Waals surface area (Å²) in [4.78, 5) is 12.0. The third-order valence-electron chi connectivity index (χ3n) is 3.86. The minimum atomic E-state index is -1.48. The molecule has 1 aliphatic rings. The van der Waals surface area contributed by atoms with Gasteiger partial charge in [0, 0.05) is 22.7 Å². The van der Waals surface area contributed by atoms with Crippen LogP contribution >= 0.6 is 11.6 Å². The molecule has 1 unspecified atom stereocenters. The molecule has 0 radical (unpaired) electrons. The Morgan fingerprint density at radius 1 is 1.41 bits per heavy atom. The summed E-state index contributed by atoms with van der Waals surface area (Å²) in [5.41, 5.74) is 5.93. The first-order chi connectivity index (χ1) is 10.1. The Morgan fingerprint density at radius 3 is 2.55 bits per heavy atom. The summed E-state index contributed by atoms with van der Waals surface area (Å²) < 4.78 is 11.3.